The first kappa shape index (κ1) is 16.6. The van der Waals surface area contributed by atoms with Gasteiger partial charge in [0.25, 0.3) is 0 Å². The fourth-order valence-electron chi connectivity index (χ4n) is 2.89. The second-order valence-electron chi connectivity index (χ2n) is 6.69. The minimum Gasteiger partial charge on any atom is -0.359 e. The molecule has 5 heteroatoms. The predicted octanol–water partition coefficient (Wildman–Crippen LogP) is 3.27. The van der Waals surface area contributed by atoms with E-state index in [9.17, 15) is 0 Å². The molecule has 3 rings (SSSR count). The lowest BCUT2D eigenvalue weighted by Crippen LogP contribution is -2.37. The summed E-state index contributed by atoms with van der Waals surface area (Å²) < 4.78 is 5.34. The van der Waals surface area contributed by atoms with Crippen LogP contribution in [0.5, 0.6) is 0 Å². The zero-order valence-electron chi connectivity index (χ0n) is 14.6. The van der Waals surface area contributed by atoms with E-state index in [0.717, 1.165) is 24.0 Å². The van der Waals surface area contributed by atoms with Crippen molar-refractivity contribution in [1.82, 2.24) is 15.8 Å². The minimum atomic E-state index is 0.379. The van der Waals surface area contributed by atoms with Gasteiger partial charge < -0.3 is 15.2 Å². The van der Waals surface area contributed by atoms with Crippen LogP contribution in [-0.4, -0.2) is 24.7 Å². The van der Waals surface area contributed by atoms with Gasteiger partial charge in [-0.3, -0.25) is 4.99 Å². The Morgan fingerprint density at radius 1 is 1.29 bits per heavy atom. The molecule has 0 saturated heterocycles. The molecule has 1 heterocycles. The van der Waals surface area contributed by atoms with Crippen LogP contribution in [0.15, 0.2) is 45.9 Å². The molecule has 0 spiro atoms. The van der Waals surface area contributed by atoms with E-state index in [2.05, 4.69) is 65.0 Å². The first-order chi connectivity index (χ1) is 11.7. The van der Waals surface area contributed by atoms with Crippen LogP contribution in [0.3, 0.4) is 0 Å². The van der Waals surface area contributed by atoms with E-state index >= 15 is 0 Å². The van der Waals surface area contributed by atoms with E-state index in [4.69, 9.17) is 4.52 Å². The molecule has 2 N–H and O–H groups in total. The molecule has 1 aromatic carbocycles. The van der Waals surface area contributed by atoms with Crippen molar-refractivity contribution in [2.24, 2.45) is 10.9 Å². The van der Waals surface area contributed by atoms with Crippen molar-refractivity contribution < 1.29 is 4.52 Å². The smallest absolute Gasteiger partial charge is 0.191 e. The summed E-state index contributed by atoms with van der Waals surface area (Å²) in [4.78, 5) is 4.27. The first-order valence-electron chi connectivity index (χ1n) is 8.62. The SMILES string of the molecule is CN=C(NCc1cc(C(C)C)no1)NCC1CC1c1ccccc1. The molecule has 1 aliphatic carbocycles. The molecule has 1 aliphatic rings. The monoisotopic (exact) mass is 326 g/mol. The highest BCUT2D eigenvalue weighted by atomic mass is 16.5. The molecule has 0 bridgehead atoms. The van der Waals surface area contributed by atoms with E-state index in [0.29, 0.717) is 24.3 Å². The summed E-state index contributed by atoms with van der Waals surface area (Å²) in [5, 5.41) is 10.8. The number of aromatic nitrogens is 1. The van der Waals surface area contributed by atoms with Crippen molar-refractivity contribution in [3.63, 3.8) is 0 Å². The Morgan fingerprint density at radius 2 is 2.08 bits per heavy atom. The van der Waals surface area contributed by atoms with Crippen molar-refractivity contribution in [2.75, 3.05) is 13.6 Å². The maximum absolute atomic E-state index is 5.34. The van der Waals surface area contributed by atoms with Gasteiger partial charge in [0.2, 0.25) is 0 Å². The molecule has 0 radical (unpaired) electrons. The molecule has 2 aromatic rings. The average molecular weight is 326 g/mol. The topological polar surface area (TPSA) is 62.5 Å². The van der Waals surface area contributed by atoms with Crippen LogP contribution < -0.4 is 10.6 Å². The van der Waals surface area contributed by atoms with Gasteiger partial charge in [-0.2, -0.15) is 0 Å². The van der Waals surface area contributed by atoms with E-state index < -0.39 is 0 Å². The summed E-state index contributed by atoms with van der Waals surface area (Å²) in [7, 11) is 1.79. The van der Waals surface area contributed by atoms with E-state index in [1.807, 2.05) is 6.07 Å². The zero-order valence-corrected chi connectivity index (χ0v) is 14.6. The fraction of sp³-hybridized carbons (Fsp3) is 0.474. The molecule has 1 saturated carbocycles. The number of guanidine groups is 1. The van der Waals surface area contributed by atoms with Gasteiger partial charge in [-0.05, 0) is 29.7 Å². The lowest BCUT2D eigenvalue weighted by Gasteiger charge is -2.10. The highest BCUT2D eigenvalue weighted by molar-refractivity contribution is 5.79. The van der Waals surface area contributed by atoms with Crippen molar-refractivity contribution in [3.05, 3.63) is 53.4 Å². The Morgan fingerprint density at radius 3 is 2.75 bits per heavy atom. The summed E-state index contributed by atoms with van der Waals surface area (Å²) in [6, 6.07) is 12.7. The van der Waals surface area contributed by atoms with E-state index in [1.54, 1.807) is 7.05 Å². The molecule has 128 valence electrons. The normalized spacial score (nSPS) is 20.2. The number of nitrogens with zero attached hydrogens (tertiary/aromatic N) is 2. The quantitative estimate of drug-likeness (QED) is 0.632. The maximum atomic E-state index is 5.34. The third kappa shape index (κ3) is 4.16. The van der Waals surface area contributed by atoms with E-state index in [1.165, 1.54) is 12.0 Å². The standard InChI is InChI=1S/C19H26N4O/c1-13(2)18-10-16(24-23-18)12-22-19(20-3)21-11-15-9-17(15)14-7-5-4-6-8-14/h4-8,10,13,15,17H,9,11-12H2,1-3H3,(H2,20,21,22). The summed E-state index contributed by atoms with van der Waals surface area (Å²) in [5.74, 6) is 3.37. The highest BCUT2D eigenvalue weighted by Crippen LogP contribution is 2.46. The molecule has 2 unspecified atom stereocenters. The fourth-order valence-corrected chi connectivity index (χ4v) is 2.89. The van der Waals surface area contributed by atoms with Crippen LogP contribution in [0, 0.1) is 5.92 Å². The van der Waals surface area contributed by atoms with Crippen molar-refractivity contribution in [3.8, 4) is 0 Å². The Bertz CT molecular complexity index is 678. The second-order valence-corrected chi connectivity index (χ2v) is 6.69. The van der Waals surface area contributed by atoms with Crippen molar-refractivity contribution in [1.29, 1.82) is 0 Å². The molecular formula is C19H26N4O. The molecular weight excluding hydrogens is 300 g/mol. The Hall–Kier alpha value is -2.30. The van der Waals surface area contributed by atoms with Gasteiger partial charge in [0.05, 0.1) is 12.2 Å². The molecule has 0 aliphatic heterocycles. The summed E-state index contributed by atoms with van der Waals surface area (Å²) in [6.45, 7) is 5.74. The number of benzene rings is 1. The largest absolute Gasteiger partial charge is 0.359 e. The van der Waals surface area contributed by atoms with Crippen LogP contribution in [0.1, 0.15) is 49.1 Å². The van der Waals surface area contributed by atoms with E-state index in [-0.39, 0.29) is 0 Å². The average Bonchev–Trinajstić information content (AvgIpc) is 3.22. The molecule has 24 heavy (non-hydrogen) atoms. The number of nitrogens with one attached hydrogen (secondary N) is 2. The molecule has 1 fully saturated rings. The molecule has 1 aromatic heterocycles. The maximum Gasteiger partial charge on any atom is 0.191 e. The first-order valence-corrected chi connectivity index (χ1v) is 8.62. The zero-order chi connectivity index (χ0) is 16.9. The van der Waals surface area contributed by atoms with Crippen molar-refractivity contribution in [2.45, 2.75) is 38.6 Å². The highest BCUT2D eigenvalue weighted by Gasteiger charge is 2.37. The van der Waals surface area contributed by atoms with Crippen LogP contribution in [-0.2, 0) is 6.54 Å². The molecule has 5 nitrogen and oxygen atoms in total. The third-order valence-electron chi connectivity index (χ3n) is 4.50. The number of hydrogen-bond donors (Lipinski definition) is 2. The van der Waals surface area contributed by atoms with Gasteiger partial charge in [-0.25, -0.2) is 0 Å². The lowest BCUT2D eigenvalue weighted by molar-refractivity contribution is 0.372. The second kappa shape index (κ2) is 7.51. The lowest BCUT2D eigenvalue weighted by atomic mass is 10.1. The van der Waals surface area contributed by atoms with Gasteiger partial charge in [-0.15, -0.1) is 0 Å². The van der Waals surface area contributed by atoms with Gasteiger partial charge >= 0.3 is 0 Å². The van der Waals surface area contributed by atoms with Gasteiger partial charge in [0.15, 0.2) is 11.7 Å². The molecule has 2 atom stereocenters. The Labute approximate surface area is 143 Å². The van der Waals surface area contributed by atoms with Crippen LogP contribution >= 0.6 is 0 Å². The van der Waals surface area contributed by atoms with Crippen LogP contribution in [0.2, 0.25) is 0 Å². The van der Waals surface area contributed by atoms with Crippen molar-refractivity contribution >= 4 is 5.96 Å². The number of aliphatic imine (C=N–C) groups is 1. The van der Waals surface area contributed by atoms with Gasteiger partial charge in [0.1, 0.15) is 0 Å². The minimum absolute atomic E-state index is 0.379. The Balaban J connectivity index is 1.43. The number of rotatable bonds is 6. The predicted molar refractivity (Wildman–Crippen MR) is 96.1 cm³/mol. The van der Waals surface area contributed by atoms with Gasteiger partial charge in [-0.1, -0.05) is 49.3 Å². The molecule has 0 amide bonds. The summed E-state index contributed by atoms with van der Waals surface area (Å²) in [5.41, 5.74) is 2.42. The third-order valence-corrected chi connectivity index (χ3v) is 4.50. The van der Waals surface area contributed by atoms with Gasteiger partial charge in [0, 0.05) is 19.7 Å². The number of hydrogen-bond acceptors (Lipinski definition) is 3. The summed E-state index contributed by atoms with van der Waals surface area (Å²) >= 11 is 0. The summed E-state index contributed by atoms with van der Waals surface area (Å²) in [6.07, 6.45) is 1.24. The Kier molecular flexibility index (Phi) is 5.18. The van der Waals surface area contributed by atoms with Crippen LogP contribution in [0.25, 0.3) is 0 Å². The van der Waals surface area contributed by atoms with Crippen LogP contribution in [0.4, 0.5) is 0 Å².